The average molecular weight is 190 g/mol. The molecule has 0 spiro atoms. The molecule has 0 saturated heterocycles. The van der Waals surface area contributed by atoms with Gasteiger partial charge in [-0.2, -0.15) is 0 Å². The van der Waals surface area contributed by atoms with Crippen LogP contribution in [0.5, 0.6) is 0 Å². The van der Waals surface area contributed by atoms with Gasteiger partial charge >= 0.3 is 0 Å². The second kappa shape index (κ2) is 3.06. The third kappa shape index (κ3) is 1.67. The van der Waals surface area contributed by atoms with Crippen LogP contribution >= 0.6 is 0 Å². The van der Waals surface area contributed by atoms with Gasteiger partial charge in [-0.25, -0.2) is 0 Å². The number of hydrogen-bond acceptors (Lipinski definition) is 2. The van der Waals surface area contributed by atoms with Gasteiger partial charge in [-0.1, -0.05) is 19.9 Å². The lowest BCUT2D eigenvalue weighted by Crippen LogP contribution is -2.34. The largest absolute Gasteiger partial charge is 0.321 e. The smallest absolute Gasteiger partial charge is 0.0430 e. The lowest BCUT2D eigenvalue weighted by Gasteiger charge is -2.26. The van der Waals surface area contributed by atoms with Crippen molar-refractivity contribution in [1.82, 2.24) is 4.98 Å². The SMILES string of the molecule is CC1(C)CCC(N)(c2cccnc2)C1. The molecule has 1 aliphatic carbocycles. The number of rotatable bonds is 1. The number of aromatic nitrogens is 1. The van der Waals surface area contributed by atoms with E-state index in [9.17, 15) is 0 Å². The Hall–Kier alpha value is -0.890. The van der Waals surface area contributed by atoms with Crippen molar-refractivity contribution in [3.05, 3.63) is 30.1 Å². The van der Waals surface area contributed by atoms with Crippen LogP contribution in [0.15, 0.2) is 24.5 Å². The molecule has 0 aromatic carbocycles. The van der Waals surface area contributed by atoms with Crippen molar-refractivity contribution in [2.45, 2.75) is 38.6 Å². The summed E-state index contributed by atoms with van der Waals surface area (Å²) in [6.45, 7) is 4.58. The standard InChI is InChI=1S/C12H18N2/c1-11(2)5-6-12(13,9-11)10-4-3-7-14-8-10/h3-4,7-8H,5-6,9,13H2,1-2H3. The van der Waals surface area contributed by atoms with Crippen LogP contribution in [-0.2, 0) is 5.54 Å². The normalized spacial score (nSPS) is 30.5. The molecule has 1 aromatic heterocycles. The third-order valence-electron chi connectivity index (χ3n) is 3.28. The highest BCUT2D eigenvalue weighted by atomic mass is 14.8. The van der Waals surface area contributed by atoms with Crippen molar-refractivity contribution in [2.75, 3.05) is 0 Å². The van der Waals surface area contributed by atoms with Crippen LogP contribution in [0.1, 0.15) is 38.7 Å². The summed E-state index contributed by atoms with van der Waals surface area (Å²) in [5.74, 6) is 0. The van der Waals surface area contributed by atoms with Crippen molar-refractivity contribution < 1.29 is 0 Å². The summed E-state index contributed by atoms with van der Waals surface area (Å²) in [5.41, 5.74) is 7.84. The fourth-order valence-corrected chi connectivity index (χ4v) is 2.50. The van der Waals surface area contributed by atoms with Crippen LogP contribution in [0, 0.1) is 5.41 Å². The van der Waals surface area contributed by atoms with Gasteiger partial charge in [-0.3, -0.25) is 4.98 Å². The zero-order valence-electron chi connectivity index (χ0n) is 8.96. The average Bonchev–Trinajstić information content (AvgIpc) is 2.44. The van der Waals surface area contributed by atoms with Gasteiger partial charge in [0.25, 0.3) is 0 Å². The Morgan fingerprint density at radius 3 is 2.64 bits per heavy atom. The summed E-state index contributed by atoms with van der Waals surface area (Å²) in [7, 11) is 0. The molecule has 0 amide bonds. The molecule has 2 N–H and O–H groups in total. The van der Waals surface area contributed by atoms with Gasteiger partial charge in [-0.05, 0) is 36.3 Å². The van der Waals surface area contributed by atoms with Gasteiger partial charge in [0.05, 0.1) is 0 Å². The summed E-state index contributed by atoms with van der Waals surface area (Å²) >= 11 is 0. The zero-order valence-corrected chi connectivity index (χ0v) is 8.96. The minimum atomic E-state index is -0.141. The van der Waals surface area contributed by atoms with E-state index in [-0.39, 0.29) is 5.54 Å². The summed E-state index contributed by atoms with van der Waals surface area (Å²) in [5, 5.41) is 0. The van der Waals surface area contributed by atoms with Gasteiger partial charge < -0.3 is 5.73 Å². The van der Waals surface area contributed by atoms with Crippen LogP contribution in [0.3, 0.4) is 0 Å². The van der Waals surface area contributed by atoms with E-state index < -0.39 is 0 Å². The van der Waals surface area contributed by atoms with E-state index in [1.54, 1.807) is 6.20 Å². The third-order valence-corrected chi connectivity index (χ3v) is 3.28. The Labute approximate surface area is 85.5 Å². The highest BCUT2D eigenvalue weighted by Crippen LogP contribution is 2.46. The van der Waals surface area contributed by atoms with Crippen LogP contribution < -0.4 is 5.73 Å². The molecule has 0 radical (unpaired) electrons. The molecule has 1 fully saturated rings. The molecule has 2 heteroatoms. The zero-order chi connectivity index (χ0) is 10.2. The molecule has 1 unspecified atom stereocenters. The maximum atomic E-state index is 6.42. The van der Waals surface area contributed by atoms with Crippen molar-refractivity contribution in [3.8, 4) is 0 Å². The number of nitrogens with two attached hydrogens (primary N) is 1. The first kappa shape index (κ1) is 9.66. The number of pyridine rings is 1. The van der Waals surface area contributed by atoms with Crippen molar-refractivity contribution in [3.63, 3.8) is 0 Å². The molecule has 2 rings (SSSR count). The molecule has 0 aliphatic heterocycles. The van der Waals surface area contributed by atoms with E-state index in [0.717, 1.165) is 12.8 Å². The Morgan fingerprint density at radius 2 is 2.14 bits per heavy atom. The summed E-state index contributed by atoms with van der Waals surface area (Å²) < 4.78 is 0. The molecule has 0 bridgehead atoms. The first-order chi connectivity index (χ1) is 6.52. The maximum Gasteiger partial charge on any atom is 0.0430 e. The minimum Gasteiger partial charge on any atom is -0.321 e. The Morgan fingerprint density at radius 1 is 1.36 bits per heavy atom. The van der Waals surface area contributed by atoms with E-state index in [1.807, 2.05) is 12.3 Å². The van der Waals surface area contributed by atoms with E-state index >= 15 is 0 Å². The van der Waals surface area contributed by atoms with Crippen LogP contribution in [0.25, 0.3) is 0 Å². The van der Waals surface area contributed by atoms with E-state index in [2.05, 4.69) is 24.9 Å². The van der Waals surface area contributed by atoms with Gasteiger partial charge in [0.1, 0.15) is 0 Å². The van der Waals surface area contributed by atoms with E-state index in [4.69, 9.17) is 5.73 Å². The highest BCUT2D eigenvalue weighted by molar-refractivity contribution is 5.22. The van der Waals surface area contributed by atoms with Gasteiger partial charge in [0.2, 0.25) is 0 Å². The molecule has 1 heterocycles. The predicted molar refractivity (Wildman–Crippen MR) is 57.7 cm³/mol. The summed E-state index contributed by atoms with van der Waals surface area (Å²) in [6.07, 6.45) is 7.05. The Kier molecular flexibility index (Phi) is 2.11. The topological polar surface area (TPSA) is 38.9 Å². The molecule has 1 saturated carbocycles. The van der Waals surface area contributed by atoms with Crippen LogP contribution in [-0.4, -0.2) is 4.98 Å². The van der Waals surface area contributed by atoms with Crippen molar-refractivity contribution in [2.24, 2.45) is 11.1 Å². The lowest BCUT2D eigenvalue weighted by molar-refractivity contribution is 0.339. The monoisotopic (exact) mass is 190 g/mol. The quantitative estimate of drug-likeness (QED) is 0.738. The van der Waals surface area contributed by atoms with Gasteiger partial charge in [0, 0.05) is 17.9 Å². The van der Waals surface area contributed by atoms with Crippen molar-refractivity contribution in [1.29, 1.82) is 0 Å². The number of nitrogens with zero attached hydrogens (tertiary/aromatic N) is 1. The first-order valence-electron chi connectivity index (χ1n) is 5.21. The fraction of sp³-hybridized carbons (Fsp3) is 0.583. The fourth-order valence-electron chi connectivity index (χ4n) is 2.50. The molecular formula is C12H18N2. The second-order valence-corrected chi connectivity index (χ2v) is 5.24. The molecular weight excluding hydrogens is 172 g/mol. The predicted octanol–water partition coefficient (Wildman–Crippen LogP) is 2.45. The number of hydrogen-bond donors (Lipinski definition) is 1. The Bertz CT molecular complexity index is 318. The van der Waals surface area contributed by atoms with E-state index in [1.165, 1.54) is 12.0 Å². The Balaban J connectivity index is 2.27. The minimum absolute atomic E-state index is 0.141. The molecule has 76 valence electrons. The second-order valence-electron chi connectivity index (χ2n) is 5.24. The molecule has 2 nitrogen and oxygen atoms in total. The maximum absolute atomic E-state index is 6.42. The van der Waals surface area contributed by atoms with Crippen LogP contribution in [0.4, 0.5) is 0 Å². The summed E-state index contributed by atoms with van der Waals surface area (Å²) in [6, 6.07) is 4.06. The van der Waals surface area contributed by atoms with Gasteiger partial charge in [0.15, 0.2) is 0 Å². The molecule has 1 aromatic rings. The molecule has 1 atom stereocenters. The van der Waals surface area contributed by atoms with Crippen LogP contribution in [0.2, 0.25) is 0 Å². The molecule has 1 aliphatic rings. The lowest BCUT2D eigenvalue weighted by atomic mass is 9.85. The van der Waals surface area contributed by atoms with Crippen molar-refractivity contribution >= 4 is 0 Å². The van der Waals surface area contributed by atoms with Gasteiger partial charge in [-0.15, -0.1) is 0 Å². The molecule has 14 heavy (non-hydrogen) atoms. The summed E-state index contributed by atoms with van der Waals surface area (Å²) in [4.78, 5) is 4.14. The first-order valence-corrected chi connectivity index (χ1v) is 5.21. The highest BCUT2D eigenvalue weighted by Gasteiger charge is 2.41. The van der Waals surface area contributed by atoms with E-state index in [0.29, 0.717) is 5.41 Å².